The molecular weight excluding hydrogens is 328 g/mol. The fourth-order valence-corrected chi connectivity index (χ4v) is 2.00. The number of halogens is 5. The Balaban J connectivity index is 2.04. The highest BCUT2D eigenvalue weighted by molar-refractivity contribution is 6.41. The molecule has 1 N–H and O–H groups in total. The monoisotopic (exact) mass is 332 g/mol. The third-order valence-electron chi connectivity index (χ3n) is 2.72. The number of aromatic amines is 1. The molecular formula is C12H5Cl2F3N4. The van der Waals surface area contributed by atoms with Crippen LogP contribution in [0.5, 0.6) is 0 Å². The summed E-state index contributed by atoms with van der Waals surface area (Å²) in [6.45, 7) is 0. The molecule has 0 atom stereocenters. The Morgan fingerprint density at radius 2 is 1.86 bits per heavy atom. The number of aromatic nitrogens is 4. The first-order chi connectivity index (χ1) is 9.84. The summed E-state index contributed by atoms with van der Waals surface area (Å²) >= 11 is 11.6. The number of pyridine rings is 2. The fraction of sp³-hybridized carbons (Fsp3) is 0.0833. The first-order valence-corrected chi connectivity index (χ1v) is 6.35. The van der Waals surface area contributed by atoms with Gasteiger partial charge in [-0.25, -0.2) is 9.97 Å². The third-order valence-corrected chi connectivity index (χ3v) is 3.39. The zero-order valence-corrected chi connectivity index (χ0v) is 11.6. The maximum Gasteiger partial charge on any atom is 0.417 e. The lowest BCUT2D eigenvalue weighted by atomic mass is 10.2. The molecule has 3 rings (SSSR count). The zero-order valence-electron chi connectivity index (χ0n) is 10.0. The third kappa shape index (κ3) is 2.66. The van der Waals surface area contributed by atoms with Crippen LogP contribution >= 0.6 is 23.2 Å². The van der Waals surface area contributed by atoms with Crippen LogP contribution in [0.15, 0.2) is 24.4 Å². The molecule has 0 aliphatic carbocycles. The summed E-state index contributed by atoms with van der Waals surface area (Å²) in [5, 5.41) is 0.349. The van der Waals surface area contributed by atoms with E-state index in [0.29, 0.717) is 11.2 Å². The number of H-pyrrole nitrogens is 1. The quantitative estimate of drug-likeness (QED) is 0.674. The van der Waals surface area contributed by atoms with Crippen LogP contribution in [0, 0.1) is 0 Å². The summed E-state index contributed by atoms with van der Waals surface area (Å²) in [7, 11) is 0. The summed E-state index contributed by atoms with van der Waals surface area (Å²) in [4.78, 5) is 14.7. The summed E-state index contributed by atoms with van der Waals surface area (Å²) in [6.07, 6.45) is -3.68. The molecule has 0 amide bonds. The highest BCUT2D eigenvalue weighted by atomic mass is 35.5. The lowest BCUT2D eigenvalue weighted by Crippen LogP contribution is -2.05. The van der Waals surface area contributed by atoms with Crippen molar-refractivity contribution < 1.29 is 13.2 Å². The van der Waals surface area contributed by atoms with E-state index in [1.54, 1.807) is 0 Å². The van der Waals surface area contributed by atoms with Gasteiger partial charge in [0.25, 0.3) is 0 Å². The molecule has 0 spiro atoms. The van der Waals surface area contributed by atoms with Crippen molar-refractivity contribution in [1.82, 2.24) is 19.9 Å². The van der Waals surface area contributed by atoms with Crippen molar-refractivity contribution in [2.24, 2.45) is 0 Å². The van der Waals surface area contributed by atoms with Crippen molar-refractivity contribution in [3.63, 3.8) is 0 Å². The molecule has 0 aromatic carbocycles. The molecule has 3 aromatic heterocycles. The second-order valence-corrected chi connectivity index (χ2v) is 4.91. The van der Waals surface area contributed by atoms with E-state index in [1.807, 2.05) is 0 Å². The average molecular weight is 333 g/mol. The fourth-order valence-electron chi connectivity index (χ4n) is 1.72. The Morgan fingerprint density at radius 1 is 1.10 bits per heavy atom. The van der Waals surface area contributed by atoms with E-state index in [1.165, 1.54) is 12.1 Å². The molecule has 0 aliphatic rings. The molecule has 0 unspecified atom stereocenters. The Bertz CT molecular complexity index is 773. The summed E-state index contributed by atoms with van der Waals surface area (Å²) < 4.78 is 37.4. The Labute approximate surface area is 126 Å². The second kappa shape index (κ2) is 4.85. The highest BCUT2D eigenvalue weighted by Gasteiger charge is 2.30. The van der Waals surface area contributed by atoms with E-state index in [2.05, 4.69) is 19.9 Å². The van der Waals surface area contributed by atoms with Gasteiger partial charge in [-0.05, 0) is 18.2 Å². The number of nitrogens with one attached hydrogen (secondary N) is 1. The molecule has 108 valence electrons. The van der Waals surface area contributed by atoms with Crippen LogP contribution in [0.25, 0.3) is 22.7 Å². The molecule has 0 saturated carbocycles. The lowest BCUT2D eigenvalue weighted by Gasteiger charge is -2.05. The Kier molecular flexibility index (Phi) is 3.26. The zero-order chi connectivity index (χ0) is 15.2. The molecule has 0 aliphatic heterocycles. The number of alkyl halides is 3. The van der Waals surface area contributed by atoms with Crippen LogP contribution in [-0.4, -0.2) is 19.9 Å². The van der Waals surface area contributed by atoms with E-state index in [0.717, 1.165) is 12.3 Å². The Hall–Kier alpha value is -1.86. The van der Waals surface area contributed by atoms with Gasteiger partial charge in [0.05, 0.1) is 16.1 Å². The average Bonchev–Trinajstić information content (AvgIpc) is 2.81. The minimum Gasteiger partial charge on any atom is -0.335 e. The number of fused-ring (bicyclic) bond motifs is 1. The van der Waals surface area contributed by atoms with Crippen molar-refractivity contribution in [2.75, 3.05) is 0 Å². The standard InChI is InChI=1S/C12H5Cl2F3N4/c13-6-3-8-11(20-9(6)14)21-10(19-8)7-2-1-5(4-18-7)12(15,16)17/h1-4H,(H,19,20,21). The summed E-state index contributed by atoms with van der Waals surface area (Å²) in [5.41, 5.74) is 0.252. The largest absolute Gasteiger partial charge is 0.417 e. The van der Waals surface area contributed by atoms with Crippen LogP contribution in [0.3, 0.4) is 0 Å². The van der Waals surface area contributed by atoms with E-state index in [-0.39, 0.29) is 21.7 Å². The first kappa shape index (κ1) is 14.1. The molecule has 0 saturated heterocycles. The predicted octanol–water partition coefficient (Wildman–Crippen LogP) is 4.35. The van der Waals surface area contributed by atoms with E-state index >= 15 is 0 Å². The molecule has 21 heavy (non-hydrogen) atoms. The smallest absolute Gasteiger partial charge is 0.335 e. The number of hydrogen-bond acceptors (Lipinski definition) is 3. The van der Waals surface area contributed by atoms with Gasteiger partial charge in [-0.3, -0.25) is 4.98 Å². The number of nitrogens with zero attached hydrogens (tertiary/aromatic N) is 3. The van der Waals surface area contributed by atoms with E-state index < -0.39 is 11.7 Å². The van der Waals surface area contributed by atoms with Crippen molar-refractivity contribution in [1.29, 1.82) is 0 Å². The van der Waals surface area contributed by atoms with Gasteiger partial charge >= 0.3 is 6.18 Å². The minimum atomic E-state index is -4.43. The van der Waals surface area contributed by atoms with Crippen LogP contribution in [-0.2, 0) is 6.18 Å². The van der Waals surface area contributed by atoms with E-state index in [4.69, 9.17) is 23.2 Å². The minimum absolute atomic E-state index is 0.0996. The molecule has 0 fully saturated rings. The molecule has 0 radical (unpaired) electrons. The molecule has 0 bridgehead atoms. The lowest BCUT2D eigenvalue weighted by molar-refractivity contribution is -0.137. The number of rotatable bonds is 1. The second-order valence-electron chi connectivity index (χ2n) is 4.15. The van der Waals surface area contributed by atoms with Crippen molar-refractivity contribution in [3.05, 3.63) is 40.1 Å². The van der Waals surface area contributed by atoms with Crippen LogP contribution in [0.1, 0.15) is 5.56 Å². The van der Waals surface area contributed by atoms with E-state index in [9.17, 15) is 13.2 Å². The van der Waals surface area contributed by atoms with Gasteiger partial charge < -0.3 is 4.98 Å². The van der Waals surface area contributed by atoms with Crippen LogP contribution in [0.4, 0.5) is 13.2 Å². The van der Waals surface area contributed by atoms with Gasteiger partial charge in [0.15, 0.2) is 11.5 Å². The number of imidazole rings is 1. The topological polar surface area (TPSA) is 54.5 Å². The maximum absolute atomic E-state index is 12.5. The van der Waals surface area contributed by atoms with Crippen molar-refractivity contribution in [2.45, 2.75) is 6.18 Å². The van der Waals surface area contributed by atoms with Crippen molar-refractivity contribution in [3.8, 4) is 11.5 Å². The Morgan fingerprint density at radius 3 is 2.48 bits per heavy atom. The van der Waals surface area contributed by atoms with Gasteiger partial charge in [0.1, 0.15) is 10.8 Å². The van der Waals surface area contributed by atoms with Gasteiger partial charge in [-0.15, -0.1) is 0 Å². The van der Waals surface area contributed by atoms with Gasteiger partial charge in [0, 0.05) is 6.20 Å². The number of hydrogen-bond donors (Lipinski definition) is 1. The van der Waals surface area contributed by atoms with Crippen molar-refractivity contribution >= 4 is 34.4 Å². The molecule has 3 aromatic rings. The molecule has 3 heterocycles. The van der Waals surface area contributed by atoms with Gasteiger partial charge in [-0.2, -0.15) is 13.2 Å². The summed E-state index contributed by atoms with van der Waals surface area (Å²) in [6, 6.07) is 3.69. The van der Waals surface area contributed by atoms with Crippen LogP contribution < -0.4 is 0 Å². The first-order valence-electron chi connectivity index (χ1n) is 5.60. The SMILES string of the molecule is FC(F)(F)c1ccc(-c2nc3nc(Cl)c(Cl)cc3[nH]2)nc1. The van der Waals surface area contributed by atoms with Crippen LogP contribution in [0.2, 0.25) is 10.2 Å². The predicted molar refractivity (Wildman–Crippen MR) is 72.1 cm³/mol. The van der Waals surface area contributed by atoms with Gasteiger partial charge in [0.2, 0.25) is 0 Å². The summed E-state index contributed by atoms with van der Waals surface area (Å²) in [5.74, 6) is 0.282. The highest BCUT2D eigenvalue weighted by Crippen LogP contribution is 2.30. The normalized spacial score (nSPS) is 12.0. The molecule has 9 heteroatoms. The maximum atomic E-state index is 12.5. The molecule has 4 nitrogen and oxygen atoms in total. The van der Waals surface area contributed by atoms with Gasteiger partial charge in [-0.1, -0.05) is 23.2 Å².